The lowest BCUT2D eigenvalue weighted by Gasteiger charge is -2.23. The maximum Gasteiger partial charge on any atom is 0.222 e. The van der Waals surface area contributed by atoms with Gasteiger partial charge in [-0.05, 0) is 12.8 Å². The standard InChI is InChI=1S/C16H20N8O/c17-11-14-16(20-5-4-19-14)23-7-2-6-22(9-10-23)15(25)3-1-8-24-13-18-12-21-24/h4-5,12-13H,1-3,6-10H2. The van der Waals surface area contributed by atoms with Crippen LogP contribution in [0.3, 0.4) is 0 Å². The van der Waals surface area contributed by atoms with Gasteiger partial charge in [-0.3, -0.25) is 9.48 Å². The van der Waals surface area contributed by atoms with E-state index >= 15 is 0 Å². The Kier molecular flexibility index (Phi) is 5.51. The lowest BCUT2D eigenvalue weighted by atomic mass is 10.2. The SMILES string of the molecule is N#Cc1nccnc1N1CCCN(C(=O)CCCn2cncn2)CC1. The molecule has 9 nitrogen and oxygen atoms in total. The Morgan fingerprint density at radius 2 is 2.08 bits per heavy atom. The Hall–Kier alpha value is -3.02. The minimum Gasteiger partial charge on any atom is -0.352 e. The van der Waals surface area contributed by atoms with Crippen molar-refractivity contribution in [2.75, 3.05) is 31.1 Å². The summed E-state index contributed by atoms with van der Waals surface area (Å²) < 4.78 is 1.73. The fourth-order valence-electron chi connectivity index (χ4n) is 2.92. The van der Waals surface area contributed by atoms with Crippen molar-refractivity contribution >= 4 is 11.7 Å². The van der Waals surface area contributed by atoms with Crippen LogP contribution >= 0.6 is 0 Å². The number of aryl methyl sites for hydroxylation is 1. The van der Waals surface area contributed by atoms with Gasteiger partial charge in [-0.1, -0.05) is 0 Å². The van der Waals surface area contributed by atoms with Crippen LogP contribution in [0.5, 0.6) is 0 Å². The molecule has 0 unspecified atom stereocenters. The van der Waals surface area contributed by atoms with Crippen molar-refractivity contribution in [1.29, 1.82) is 5.26 Å². The van der Waals surface area contributed by atoms with Crippen molar-refractivity contribution in [3.05, 3.63) is 30.7 Å². The average Bonchev–Trinajstić information content (AvgIpc) is 3.04. The molecule has 3 heterocycles. The summed E-state index contributed by atoms with van der Waals surface area (Å²) in [6.45, 7) is 3.46. The van der Waals surface area contributed by atoms with Crippen molar-refractivity contribution in [3.63, 3.8) is 0 Å². The van der Waals surface area contributed by atoms with Gasteiger partial charge in [0.1, 0.15) is 18.7 Å². The normalized spacial score (nSPS) is 14.8. The Morgan fingerprint density at radius 3 is 2.88 bits per heavy atom. The molecule has 1 aliphatic heterocycles. The minimum absolute atomic E-state index is 0.154. The van der Waals surface area contributed by atoms with Crippen LogP contribution in [-0.2, 0) is 11.3 Å². The highest BCUT2D eigenvalue weighted by Gasteiger charge is 2.21. The fourth-order valence-corrected chi connectivity index (χ4v) is 2.92. The molecule has 1 amide bonds. The zero-order chi connectivity index (χ0) is 17.5. The van der Waals surface area contributed by atoms with Crippen LogP contribution in [0.25, 0.3) is 0 Å². The summed E-state index contributed by atoms with van der Waals surface area (Å²) in [5.74, 6) is 0.757. The quantitative estimate of drug-likeness (QED) is 0.778. The van der Waals surface area contributed by atoms with E-state index in [1.165, 1.54) is 12.5 Å². The van der Waals surface area contributed by atoms with Crippen molar-refractivity contribution < 1.29 is 4.79 Å². The van der Waals surface area contributed by atoms with E-state index in [4.69, 9.17) is 0 Å². The summed E-state index contributed by atoms with van der Waals surface area (Å²) in [4.78, 5) is 28.6. The van der Waals surface area contributed by atoms with Crippen molar-refractivity contribution in [2.24, 2.45) is 0 Å². The second-order valence-corrected chi connectivity index (χ2v) is 5.82. The van der Waals surface area contributed by atoms with Crippen LogP contribution in [0.2, 0.25) is 0 Å². The van der Waals surface area contributed by atoms with Gasteiger partial charge in [-0.2, -0.15) is 10.4 Å². The molecule has 0 N–H and O–H groups in total. The highest BCUT2D eigenvalue weighted by Crippen LogP contribution is 2.17. The third-order valence-corrected chi connectivity index (χ3v) is 4.18. The van der Waals surface area contributed by atoms with E-state index in [9.17, 15) is 10.1 Å². The van der Waals surface area contributed by atoms with Gasteiger partial charge in [0.2, 0.25) is 5.91 Å². The summed E-state index contributed by atoms with van der Waals surface area (Å²) in [7, 11) is 0. The molecule has 1 saturated heterocycles. The van der Waals surface area contributed by atoms with Crippen LogP contribution in [0, 0.1) is 11.3 Å². The summed E-state index contributed by atoms with van der Waals surface area (Å²) in [5, 5.41) is 13.2. The van der Waals surface area contributed by atoms with Crippen LogP contribution in [0.4, 0.5) is 5.82 Å². The van der Waals surface area contributed by atoms with E-state index in [1.54, 1.807) is 17.2 Å². The molecule has 0 bridgehead atoms. The maximum absolute atomic E-state index is 12.4. The number of hydrogen-bond acceptors (Lipinski definition) is 7. The Balaban J connectivity index is 1.52. The third kappa shape index (κ3) is 4.29. The summed E-state index contributed by atoms with van der Waals surface area (Å²) in [6.07, 6.45) is 8.34. The van der Waals surface area contributed by atoms with Gasteiger partial charge in [0.15, 0.2) is 11.5 Å². The number of anilines is 1. The highest BCUT2D eigenvalue weighted by atomic mass is 16.2. The predicted octanol–water partition coefficient (Wildman–Crippen LogP) is 0.459. The molecule has 0 spiro atoms. The predicted molar refractivity (Wildman–Crippen MR) is 89.4 cm³/mol. The molecule has 3 rings (SSSR count). The number of amides is 1. The largest absolute Gasteiger partial charge is 0.352 e. The molecular weight excluding hydrogens is 320 g/mol. The molecule has 25 heavy (non-hydrogen) atoms. The minimum atomic E-state index is 0.154. The van der Waals surface area contributed by atoms with E-state index in [2.05, 4.69) is 26.1 Å². The Labute approximate surface area is 145 Å². The van der Waals surface area contributed by atoms with Gasteiger partial charge in [0.25, 0.3) is 0 Å². The number of carbonyl (C=O) groups is 1. The number of aromatic nitrogens is 5. The summed E-state index contributed by atoms with van der Waals surface area (Å²) >= 11 is 0. The van der Waals surface area contributed by atoms with E-state index in [-0.39, 0.29) is 5.91 Å². The van der Waals surface area contributed by atoms with Crippen LogP contribution < -0.4 is 4.90 Å². The van der Waals surface area contributed by atoms with Crippen LogP contribution in [0.1, 0.15) is 25.0 Å². The Bertz CT molecular complexity index is 739. The summed E-state index contributed by atoms with van der Waals surface area (Å²) in [5.41, 5.74) is 0.329. The fraction of sp³-hybridized carbons (Fsp3) is 0.500. The highest BCUT2D eigenvalue weighted by molar-refractivity contribution is 5.76. The van der Waals surface area contributed by atoms with E-state index < -0.39 is 0 Å². The van der Waals surface area contributed by atoms with Gasteiger partial charge in [-0.15, -0.1) is 0 Å². The molecule has 2 aromatic heterocycles. The second kappa shape index (κ2) is 8.19. The van der Waals surface area contributed by atoms with Crippen LogP contribution in [0.15, 0.2) is 25.0 Å². The monoisotopic (exact) mass is 340 g/mol. The molecule has 0 aliphatic carbocycles. The smallest absolute Gasteiger partial charge is 0.222 e. The average molecular weight is 340 g/mol. The topological polar surface area (TPSA) is 104 Å². The molecule has 0 atom stereocenters. The molecule has 0 aromatic carbocycles. The lowest BCUT2D eigenvalue weighted by Crippen LogP contribution is -2.35. The van der Waals surface area contributed by atoms with Gasteiger partial charge in [-0.25, -0.2) is 15.0 Å². The number of nitriles is 1. The van der Waals surface area contributed by atoms with Crippen molar-refractivity contribution in [2.45, 2.75) is 25.8 Å². The first-order valence-electron chi connectivity index (χ1n) is 8.34. The molecule has 0 saturated carbocycles. The molecule has 2 aromatic rings. The van der Waals surface area contributed by atoms with E-state index in [0.29, 0.717) is 37.6 Å². The molecule has 130 valence electrons. The number of hydrogen-bond donors (Lipinski definition) is 0. The molecule has 9 heteroatoms. The number of nitrogens with zero attached hydrogens (tertiary/aromatic N) is 8. The zero-order valence-electron chi connectivity index (χ0n) is 14.0. The lowest BCUT2D eigenvalue weighted by molar-refractivity contribution is -0.131. The molecule has 0 radical (unpaired) electrons. The van der Waals surface area contributed by atoms with E-state index in [0.717, 1.165) is 25.9 Å². The van der Waals surface area contributed by atoms with Gasteiger partial charge in [0.05, 0.1) is 0 Å². The first-order chi connectivity index (χ1) is 12.3. The van der Waals surface area contributed by atoms with Crippen molar-refractivity contribution in [1.82, 2.24) is 29.6 Å². The second-order valence-electron chi connectivity index (χ2n) is 5.82. The number of rotatable bonds is 5. The van der Waals surface area contributed by atoms with E-state index in [1.807, 2.05) is 9.80 Å². The maximum atomic E-state index is 12.4. The third-order valence-electron chi connectivity index (χ3n) is 4.18. The molecular formula is C16H20N8O. The van der Waals surface area contributed by atoms with Crippen molar-refractivity contribution in [3.8, 4) is 6.07 Å². The summed E-state index contributed by atoms with van der Waals surface area (Å²) in [6, 6.07) is 2.08. The van der Waals surface area contributed by atoms with Crippen LogP contribution in [-0.4, -0.2) is 61.7 Å². The number of carbonyl (C=O) groups excluding carboxylic acids is 1. The molecule has 1 fully saturated rings. The first kappa shape index (κ1) is 16.8. The Morgan fingerprint density at radius 1 is 1.20 bits per heavy atom. The first-order valence-corrected chi connectivity index (χ1v) is 8.34. The van der Waals surface area contributed by atoms with Gasteiger partial charge in [0, 0.05) is 51.5 Å². The molecule has 1 aliphatic rings. The van der Waals surface area contributed by atoms with Gasteiger partial charge < -0.3 is 9.80 Å². The zero-order valence-corrected chi connectivity index (χ0v) is 14.0. The van der Waals surface area contributed by atoms with Gasteiger partial charge >= 0.3 is 0 Å².